The van der Waals surface area contributed by atoms with E-state index in [1.165, 1.54) is 0 Å². The first-order valence-corrected chi connectivity index (χ1v) is 10.9. The number of fused-ring (bicyclic) bond motifs is 1. The molecule has 1 saturated heterocycles. The SMILES string of the molecule is Cc1[nH]nc(C(=O)Nc2ccc(C(=O)N3CCCC3)cc2)c1-c1ccc2ccnc(N)c2c1. The zero-order chi connectivity index (χ0) is 22.9. The molecule has 4 N–H and O–H groups in total. The Morgan fingerprint density at radius 1 is 1.06 bits per heavy atom. The predicted octanol–water partition coefficient (Wildman–Crippen LogP) is 4.00. The van der Waals surface area contributed by atoms with E-state index in [9.17, 15) is 9.59 Å². The highest BCUT2D eigenvalue weighted by Crippen LogP contribution is 2.31. The summed E-state index contributed by atoms with van der Waals surface area (Å²) in [5, 5.41) is 11.8. The van der Waals surface area contributed by atoms with Gasteiger partial charge in [0.05, 0.1) is 0 Å². The van der Waals surface area contributed by atoms with Gasteiger partial charge in [-0.25, -0.2) is 4.98 Å². The fourth-order valence-corrected chi connectivity index (χ4v) is 4.28. The number of carbonyl (C=O) groups is 2. The lowest BCUT2D eigenvalue weighted by Crippen LogP contribution is -2.27. The lowest BCUT2D eigenvalue weighted by molar-refractivity contribution is 0.0792. The van der Waals surface area contributed by atoms with Crippen LogP contribution in [0, 0.1) is 6.92 Å². The van der Waals surface area contributed by atoms with E-state index in [1.54, 1.807) is 30.5 Å². The van der Waals surface area contributed by atoms with Gasteiger partial charge in [0, 0.05) is 47.2 Å². The molecule has 8 heteroatoms. The minimum Gasteiger partial charge on any atom is -0.383 e. The molecule has 0 radical (unpaired) electrons. The van der Waals surface area contributed by atoms with Crippen LogP contribution in [-0.2, 0) is 0 Å². The Kier molecular flexibility index (Phi) is 5.26. The Morgan fingerprint density at radius 2 is 1.82 bits per heavy atom. The fourth-order valence-electron chi connectivity index (χ4n) is 4.28. The minimum absolute atomic E-state index is 0.0284. The molecule has 166 valence electrons. The number of rotatable bonds is 4. The van der Waals surface area contributed by atoms with Crippen molar-refractivity contribution < 1.29 is 9.59 Å². The van der Waals surface area contributed by atoms with Crippen LogP contribution in [0.1, 0.15) is 39.4 Å². The molecule has 33 heavy (non-hydrogen) atoms. The van der Waals surface area contributed by atoms with Gasteiger partial charge in [-0.15, -0.1) is 0 Å². The van der Waals surface area contributed by atoms with Crippen molar-refractivity contribution in [1.29, 1.82) is 0 Å². The van der Waals surface area contributed by atoms with Crippen LogP contribution in [-0.4, -0.2) is 45.0 Å². The van der Waals surface area contributed by atoms with Gasteiger partial charge in [0.1, 0.15) is 5.82 Å². The Morgan fingerprint density at radius 3 is 2.58 bits per heavy atom. The van der Waals surface area contributed by atoms with E-state index >= 15 is 0 Å². The number of nitrogen functional groups attached to an aromatic ring is 1. The van der Waals surface area contributed by atoms with Crippen molar-refractivity contribution in [2.24, 2.45) is 0 Å². The number of hydrogen-bond acceptors (Lipinski definition) is 5. The monoisotopic (exact) mass is 440 g/mol. The van der Waals surface area contributed by atoms with E-state index in [4.69, 9.17) is 5.73 Å². The number of benzene rings is 2. The molecule has 0 atom stereocenters. The second-order valence-corrected chi connectivity index (χ2v) is 8.24. The van der Waals surface area contributed by atoms with Crippen LogP contribution in [0.2, 0.25) is 0 Å². The van der Waals surface area contributed by atoms with Crippen molar-refractivity contribution in [3.05, 3.63) is 71.7 Å². The Balaban J connectivity index is 1.39. The van der Waals surface area contributed by atoms with Crippen LogP contribution in [0.15, 0.2) is 54.7 Å². The van der Waals surface area contributed by atoms with Gasteiger partial charge in [0.25, 0.3) is 11.8 Å². The number of nitrogens with one attached hydrogen (secondary N) is 2. The average Bonchev–Trinajstić information content (AvgIpc) is 3.49. The number of aromatic nitrogens is 3. The lowest BCUT2D eigenvalue weighted by atomic mass is 9.99. The largest absolute Gasteiger partial charge is 0.383 e. The number of H-pyrrole nitrogens is 1. The third-order valence-corrected chi connectivity index (χ3v) is 6.03. The van der Waals surface area contributed by atoms with Gasteiger partial charge in [-0.3, -0.25) is 14.7 Å². The molecule has 4 aromatic rings. The first kappa shape index (κ1) is 20.7. The number of amides is 2. The molecule has 0 unspecified atom stereocenters. The fraction of sp³-hybridized carbons (Fsp3) is 0.200. The van der Waals surface area contributed by atoms with E-state index in [2.05, 4.69) is 20.5 Å². The van der Waals surface area contributed by atoms with Crippen molar-refractivity contribution >= 4 is 34.1 Å². The molecule has 0 aliphatic carbocycles. The number of carbonyl (C=O) groups excluding carboxylic acids is 2. The normalized spacial score (nSPS) is 13.4. The molecule has 1 fully saturated rings. The number of anilines is 2. The van der Waals surface area contributed by atoms with Gasteiger partial charge in [-0.1, -0.05) is 12.1 Å². The second kappa shape index (κ2) is 8.38. The van der Waals surface area contributed by atoms with Crippen LogP contribution in [0.5, 0.6) is 0 Å². The van der Waals surface area contributed by atoms with Gasteiger partial charge < -0.3 is 16.0 Å². The molecule has 2 aromatic carbocycles. The summed E-state index contributed by atoms with van der Waals surface area (Å²) in [5.41, 5.74) is 9.85. The molecule has 1 aliphatic heterocycles. The highest BCUT2D eigenvalue weighted by molar-refractivity contribution is 6.08. The number of aryl methyl sites for hydroxylation is 1. The Labute approximate surface area is 190 Å². The number of nitrogens with two attached hydrogens (primary N) is 1. The van der Waals surface area contributed by atoms with Gasteiger partial charge in [0.15, 0.2) is 5.69 Å². The molecule has 0 spiro atoms. The number of nitrogens with zero attached hydrogens (tertiary/aromatic N) is 3. The zero-order valence-corrected chi connectivity index (χ0v) is 18.3. The molecule has 8 nitrogen and oxygen atoms in total. The smallest absolute Gasteiger partial charge is 0.276 e. The standard InChI is InChI=1S/C25H24N6O2/c1-15-21(18-5-4-16-10-11-27-23(26)20(16)14-18)22(30-29-15)24(32)28-19-8-6-17(7-9-19)25(33)31-12-2-3-13-31/h4-11,14H,2-3,12-13H2,1H3,(H2,26,27)(H,28,32)(H,29,30). The van der Waals surface area contributed by atoms with Gasteiger partial charge in [0.2, 0.25) is 0 Å². The van der Waals surface area contributed by atoms with Crippen molar-refractivity contribution in [2.45, 2.75) is 19.8 Å². The number of hydrogen-bond donors (Lipinski definition) is 3. The molecule has 2 aromatic heterocycles. The predicted molar refractivity (Wildman–Crippen MR) is 128 cm³/mol. The van der Waals surface area contributed by atoms with E-state index in [0.717, 1.165) is 48.0 Å². The van der Waals surface area contributed by atoms with Crippen molar-refractivity contribution in [3.8, 4) is 11.1 Å². The number of likely N-dealkylation sites (tertiary alicyclic amines) is 1. The maximum atomic E-state index is 13.1. The topological polar surface area (TPSA) is 117 Å². The molecule has 2 amide bonds. The number of aromatic amines is 1. The van der Waals surface area contributed by atoms with E-state index in [0.29, 0.717) is 22.6 Å². The molecule has 0 bridgehead atoms. The third-order valence-electron chi connectivity index (χ3n) is 6.03. The summed E-state index contributed by atoms with van der Waals surface area (Å²) in [6.07, 6.45) is 3.76. The van der Waals surface area contributed by atoms with Crippen molar-refractivity contribution in [3.63, 3.8) is 0 Å². The van der Waals surface area contributed by atoms with Crippen LogP contribution in [0.3, 0.4) is 0 Å². The maximum Gasteiger partial charge on any atom is 0.276 e. The van der Waals surface area contributed by atoms with E-state index < -0.39 is 0 Å². The third kappa shape index (κ3) is 3.91. The summed E-state index contributed by atoms with van der Waals surface area (Å²) in [5.74, 6) is 0.123. The summed E-state index contributed by atoms with van der Waals surface area (Å²) in [6.45, 7) is 3.47. The summed E-state index contributed by atoms with van der Waals surface area (Å²) in [7, 11) is 0. The van der Waals surface area contributed by atoms with Crippen LogP contribution in [0.4, 0.5) is 11.5 Å². The molecule has 5 rings (SSSR count). The summed E-state index contributed by atoms with van der Waals surface area (Å²) in [4.78, 5) is 31.6. The highest BCUT2D eigenvalue weighted by Gasteiger charge is 2.21. The molecule has 0 saturated carbocycles. The van der Waals surface area contributed by atoms with E-state index in [1.807, 2.05) is 36.1 Å². The van der Waals surface area contributed by atoms with Gasteiger partial charge >= 0.3 is 0 Å². The van der Waals surface area contributed by atoms with Gasteiger partial charge in [-0.2, -0.15) is 5.10 Å². The minimum atomic E-state index is -0.341. The first-order valence-electron chi connectivity index (χ1n) is 10.9. The van der Waals surface area contributed by atoms with E-state index in [-0.39, 0.29) is 17.5 Å². The molecular formula is C25H24N6O2. The first-order chi connectivity index (χ1) is 16.0. The summed E-state index contributed by atoms with van der Waals surface area (Å²) >= 11 is 0. The zero-order valence-electron chi connectivity index (χ0n) is 18.3. The molecule has 3 heterocycles. The Hall–Kier alpha value is -4.20. The average molecular weight is 441 g/mol. The van der Waals surface area contributed by atoms with Crippen LogP contribution >= 0.6 is 0 Å². The van der Waals surface area contributed by atoms with Crippen molar-refractivity contribution in [1.82, 2.24) is 20.1 Å². The Bertz CT molecular complexity index is 1350. The lowest BCUT2D eigenvalue weighted by Gasteiger charge is -2.15. The molecular weight excluding hydrogens is 416 g/mol. The molecule has 1 aliphatic rings. The maximum absolute atomic E-state index is 13.1. The second-order valence-electron chi connectivity index (χ2n) is 8.24. The van der Waals surface area contributed by atoms with Crippen LogP contribution in [0.25, 0.3) is 21.9 Å². The number of pyridine rings is 1. The summed E-state index contributed by atoms with van der Waals surface area (Å²) < 4.78 is 0. The van der Waals surface area contributed by atoms with Crippen LogP contribution < -0.4 is 11.1 Å². The quantitative estimate of drug-likeness (QED) is 0.443. The summed E-state index contributed by atoms with van der Waals surface area (Å²) in [6, 6.07) is 14.7. The van der Waals surface area contributed by atoms with Gasteiger partial charge in [-0.05, 0) is 67.1 Å². The van der Waals surface area contributed by atoms with Crippen molar-refractivity contribution in [2.75, 3.05) is 24.1 Å². The highest BCUT2D eigenvalue weighted by atomic mass is 16.2.